The van der Waals surface area contributed by atoms with E-state index in [0.717, 1.165) is 37.2 Å². The Labute approximate surface area is 126 Å². The summed E-state index contributed by atoms with van der Waals surface area (Å²) in [5.74, 6) is -0.00742. The van der Waals surface area contributed by atoms with Crippen molar-refractivity contribution in [3.8, 4) is 0 Å². The van der Waals surface area contributed by atoms with Crippen molar-refractivity contribution in [2.24, 2.45) is 5.73 Å². The lowest BCUT2D eigenvalue weighted by Crippen LogP contribution is -2.34. The van der Waals surface area contributed by atoms with Gasteiger partial charge in [0.25, 0.3) is 0 Å². The average Bonchev–Trinajstić information content (AvgIpc) is 2.39. The molecule has 3 N–H and O–H groups in total. The Balaban J connectivity index is 2.60. The minimum atomic E-state index is -0.00742. The Hall–Kier alpha value is -1.46. The molecular formula is C15H23N3OS. The van der Waals surface area contributed by atoms with E-state index in [1.54, 1.807) is 6.07 Å². The summed E-state index contributed by atoms with van der Waals surface area (Å²) in [5.41, 5.74) is 7.07. The van der Waals surface area contributed by atoms with Gasteiger partial charge in [-0.3, -0.25) is 9.69 Å². The second-order valence-corrected chi connectivity index (χ2v) is 5.21. The highest BCUT2D eigenvalue weighted by molar-refractivity contribution is 7.80. The lowest BCUT2D eigenvalue weighted by molar-refractivity contribution is -0.117. The highest BCUT2D eigenvalue weighted by Crippen LogP contribution is 2.10. The second-order valence-electron chi connectivity index (χ2n) is 4.77. The molecule has 0 radical (unpaired) electrons. The topological polar surface area (TPSA) is 58.4 Å². The Morgan fingerprint density at radius 1 is 1.30 bits per heavy atom. The van der Waals surface area contributed by atoms with Crippen molar-refractivity contribution in [2.75, 3.05) is 25.0 Å². The van der Waals surface area contributed by atoms with Crippen LogP contribution in [0.1, 0.15) is 32.3 Å². The molecule has 1 aromatic rings. The highest BCUT2D eigenvalue weighted by Gasteiger charge is 2.09. The number of nitrogens with zero attached hydrogens (tertiary/aromatic N) is 1. The Bertz CT molecular complexity index is 456. The van der Waals surface area contributed by atoms with Crippen LogP contribution in [0, 0.1) is 0 Å². The summed E-state index contributed by atoms with van der Waals surface area (Å²) in [6.07, 6.45) is 2.09. The van der Waals surface area contributed by atoms with Crippen LogP contribution in [0.15, 0.2) is 24.3 Å². The fourth-order valence-corrected chi connectivity index (χ4v) is 2.18. The van der Waals surface area contributed by atoms with Gasteiger partial charge in [0, 0.05) is 11.3 Å². The van der Waals surface area contributed by atoms with Gasteiger partial charge < -0.3 is 11.1 Å². The van der Waals surface area contributed by atoms with Gasteiger partial charge in [0.15, 0.2) is 0 Å². The van der Waals surface area contributed by atoms with E-state index in [1.807, 2.05) is 18.2 Å². The number of nitrogens with one attached hydrogen (secondary N) is 1. The number of hydrogen-bond acceptors (Lipinski definition) is 3. The van der Waals surface area contributed by atoms with Crippen molar-refractivity contribution in [1.82, 2.24) is 4.90 Å². The molecule has 0 heterocycles. The van der Waals surface area contributed by atoms with Gasteiger partial charge in [-0.1, -0.05) is 38.2 Å². The second kappa shape index (κ2) is 8.66. The third-order valence-corrected chi connectivity index (χ3v) is 3.11. The number of rotatable bonds is 8. The molecule has 0 fully saturated rings. The number of nitrogens with two attached hydrogens (primary N) is 1. The third kappa shape index (κ3) is 5.67. The van der Waals surface area contributed by atoms with Crippen LogP contribution in [-0.2, 0) is 4.79 Å². The summed E-state index contributed by atoms with van der Waals surface area (Å²) in [6.45, 7) is 6.53. The first-order chi connectivity index (χ1) is 9.56. The van der Waals surface area contributed by atoms with E-state index in [-0.39, 0.29) is 5.91 Å². The Kier molecular flexibility index (Phi) is 7.18. The number of benzene rings is 1. The van der Waals surface area contributed by atoms with E-state index in [1.165, 1.54) is 0 Å². The summed E-state index contributed by atoms with van der Waals surface area (Å²) in [5, 5.41) is 2.89. The third-order valence-electron chi connectivity index (χ3n) is 2.88. The van der Waals surface area contributed by atoms with Crippen molar-refractivity contribution in [3.05, 3.63) is 29.8 Å². The predicted octanol–water partition coefficient (Wildman–Crippen LogP) is 2.38. The smallest absolute Gasteiger partial charge is 0.238 e. The van der Waals surface area contributed by atoms with Gasteiger partial charge in [-0.2, -0.15) is 0 Å². The number of anilines is 1. The molecule has 20 heavy (non-hydrogen) atoms. The van der Waals surface area contributed by atoms with Crippen molar-refractivity contribution in [1.29, 1.82) is 0 Å². The predicted molar refractivity (Wildman–Crippen MR) is 88.0 cm³/mol. The zero-order chi connectivity index (χ0) is 15.0. The minimum absolute atomic E-state index is 0.00742. The molecular weight excluding hydrogens is 270 g/mol. The van der Waals surface area contributed by atoms with Gasteiger partial charge in [-0.15, -0.1) is 0 Å². The summed E-state index contributed by atoms with van der Waals surface area (Å²) in [6, 6.07) is 7.30. The monoisotopic (exact) mass is 293 g/mol. The largest absolute Gasteiger partial charge is 0.389 e. The van der Waals surface area contributed by atoms with Crippen LogP contribution >= 0.6 is 12.2 Å². The summed E-state index contributed by atoms with van der Waals surface area (Å²) < 4.78 is 0. The molecule has 0 atom stereocenters. The lowest BCUT2D eigenvalue weighted by atomic mass is 10.2. The standard InChI is InChI=1S/C15H23N3OS/c1-3-8-18(9-4-2)11-14(19)17-13-7-5-6-12(10-13)15(16)20/h5-7,10H,3-4,8-9,11H2,1-2H3,(H2,16,20)(H,17,19). The zero-order valence-corrected chi connectivity index (χ0v) is 13.0. The fraction of sp³-hybridized carbons (Fsp3) is 0.467. The molecule has 1 rings (SSSR count). The van der Waals surface area contributed by atoms with Crippen LogP contribution in [0.3, 0.4) is 0 Å². The number of amides is 1. The lowest BCUT2D eigenvalue weighted by Gasteiger charge is -2.20. The number of carbonyl (C=O) groups excluding carboxylic acids is 1. The SMILES string of the molecule is CCCN(CCC)CC(=O)Nc1cccc(C(N)=S)c1. The zero-order valence-electron chi connectivity index (χ0n) is 12.2. The Morgan fingerprint density at radius 2 is 1.95 bits per heavy atom. The maximum atomic E-state index is 12.0. The first-order valence-corrected chi connectivity index (χ1v) is 7.39. The van der Waals surface area contributed by atoms with E-state index in [0.29, 0.717) is 11.5 Å². The molecule has 5 heteroatoms. The maximum absolute atomic E-state index is 12.0. The molecule has 1 amide bonds. The van der Waals surface area contributed by atoms with Gasteiger partial charge >= 0.3 is 0 Å². The van der Waals surface area contributed by atoms with E-state index in [9.17, 15) is 4.79 Å². The van der Waals surface area contributed by atoms with Gasteiger partial charge in [0.2, 0.25) is 5.91 Å². The molecule has 0 aliphatic carbocycles. The molecule has 0 aliphatic heterocycles. The highest BCUT2D eigenvalue weighted by atomic mass is 32.1. The molecule has 0 aromatic heterocycles. The van der Waals surface area contributed by atoms with Crippen molar-refractivity contribution < 1.29 is 4.79 Å². The Morgan fingerprint density at radius 3 is 2.50 bits per heavy atom. The average molecular weight is 293 g/mol. The summed E-state index contributed by atoms with van der Waals surface area (Å²) >= 11 is 4.93. The molecule has 0 spiro atoms. The molecule has 1 aromatic carbocycles. The fourth-order valence-electron chi connectivity index (χ4n) is 2.06. The molecule has 0 saturated carbocycles. The van der Waals surface area contributed by atoms with E-state index in [4.69, 9.17) is 18.0 Å². The number of hydrogen-bond donors (Lipinski definition) is 2. The van der Waals surface area contributed by atoms with Crippen LogP contribution in [0.25, 0.3) is 0 Å². The van der Waals surface area contributed by atoms with E-state index < -0.39 is 0 Å². The molecule has 110 valence electrons. The quantitative estimate of drug-likeness (QED) is 0.723. The van der Waals surface area contributed by atoms with E-state index >= 15 is 0 Å². The number of thiocarbonyl (C=S) groups is 1. The van der Waals surface area contributed by atoms with Crippen LogP contribution < -0.4 is 11.1 Å². The minimum Gasteiger partial charge on any atom is -0.389 e. The molecule has 4 nitrogen and oxygen atoms in total. The van der Waals surface area contributed by atoms with Gasteiger partial charge in [0.05, 0.1) is 6.54 Å². The van der Waals surface area contributed by atoms with Crippen LogP contribution in [-0.4, -0.2) is 35.4 Å². The van der Waals surface area contributed by atoms with Crippen molar-refractivity contribution in [3.63, 3.8) is 0 Å². The van der Waals surface area contributed by atoms with Crippen LogP contribution in [0.2, 0.25) is 0 Å². The summed E-state index contributed by atoms with van der Waals surface area (Å²) in [7, 11) is 0. The van der Waals surface area contributed by atoms with Gasteiger partial charge in [-0.25, -0.2) is 0 Å². The van der Waals surface area contributed by atoms with Gasteiger partial charge in [0.1, 0.15) is 4.99 Å². The molecule has 0 saturated heterocycles. The normalized spacial score (nSPS) is 10.6. The number of carbonyl (C=O) groups is 1. The first-order valence-electron chi connectivity index (χ1n) is 6.98. The first kappa shape index (κ1) is 16.6. The maximum Gasteiger partial charge on any atom is 0.238 e. The van der Waals surface area contributed by atoms with Crippen LogP contribution in [0.4, 0.5) is 5.69 Å². The van der Waals surface area contributed by atoms with Crippen molar-refractivity contribution in [2.45, 2.75) is 26.7 Å². The molecule has 0 unspecified atom stereocenters. The van der Waals surface area contributed by atoms with Crippen molar-refractivity contribution >= 4 is 28.8 Å². The molecule has 0 bridgehead atoms. The molecule has 0 aliphatic rings. The van der Waals surface area contributed by atoms with E-state index in [2.05, 4.69) is 24.1 Å². The van der Waals surface area contributed by atoms with Gasteiger partial charge in [-0.05, 0) is 38.1 Å². The van der Waals surface area contributed by atoms with Crippen LogP contribution in [0.5, 0.6) is 0 Å². The summed E-state index contributed by atoms with van der Waals surface area (Å²) in [4.78, 5) is 14.5.